The largest absolute Gasteiger partial charge is 0.456 e. The lowest BCUT2D eigenvalue weighted by atomic mass is 10.1. The fraction of sp³-hybridized carbons (Fsp3) is 0.118. The monoisotopic (exact) mass is 277 g/mol. The van der Waals surface area contributed by atoms with E-state index in [0.717, 1.165) is 33.3 Å². The number of benzene rings is 2. The van der Waals surface area contributed by atoms with Crippen LogP contribution in [-0.4, -0.2) is 10.2 Å². The number of fused-ring (bicyclic) bond motifs is 3. The molecular formula is C17H15N3O. The molecule has 1 unspecified atom stereocenters. The number of aromatic amines is 1. The van der Waals surface area contributed by atoms with Crippen LogP contribution >= 0.6 is 0 Å². The smallest absolute Gasteiger partial charge is 0.135 e. The summed E-state index contributed by atoms with van der Waals surface area (Å²) in [4.78, 5) is 0. The van der Waals surface area contributed by atoms with E-state index in [4.69, 9.17) is 4.42 Å². The summed E-state index contributed by atoms with van der Waals surface area (Å²) in [5.41, 5.74) is 3.96. The molecule has 0 aliphatic heterocycles. The molecule has 0 radical (unpaired) electrons. The second kappa shape index (κ2) is 4.66. The van der Waals surface area contributed by atoms with E-state index in [2.05, 4.69) is 34.6 Å². The molecule has 0 saturated heterocycles. The third-order valence-corrected chi connectivity index (χ3v) is 3.75. The molecule has 0 fully saturated rings. The highest BCUT2D eigenvalue weighted by Crippen LogP contribution is 2.31. The standard InChI is InChI=1S/C17H15N3O/c1-11(15-8-9-18-20-15)19-12-6-7-17-14(10-12)13-4-2-3-5-16(13)21-17/h2-11,19H,1H3,(H,18,20). The predicted molar refractivity (Wildman–Crippen MR) is 84.3 cm³/mol. The van der Waals surface area contributed by atoms with Crippen LogP contribution in [0.15, 0.2) is 59.1 Å². The van der Waals surface area contributed by atoms with Crippen LogP contribution in [0, 0.1) is 0 Å². The first-order valence-corrected chi connectivity index (χ1v) is 6.98. The fourth-order valence-corrected chi connectivity index (χ4v) is 2.65. The third-order valence-electron chi connectivity index (χ3n) is 3.75. The number of rotatable bonds is 3. The average molecular weight is 277 g/mol. The molecular weight excluding hydrogens is 262 g/mol. The van der Waals surface area contributed by atoms with Crippen molar-refractivity contribution in [2.45, 2.75) is 13.0 Å². The number of para-hydroxylation sites is 1. The van der Waals surface area contributed by atoms with Crippen molar-refractivity contribution in [2.75, 3.05) is 5.32 Å². The average Bonchev–Trinajstić information content (AvgIpc) is 3.14. The number of hydrogen-bond acceptors (Lipinski definition) is 3. The molecule has 0 spiro atoms. The number of nitrogens with zero attached hydrogens (tertiary/aromatic N) is 1. The van der Waals surface area contributed by atoms with Crippen LogP contribution in [0.4, 0.5) is 5.69 Å². The van der Waals surface area contributed by atoms with Crippen molar-refractivity contribution in [3.8, 4) is 0 Å². The summed E-state index contributed by atoms with van der Waals surface area (Å²) in [6, 6.07) is 16.4. The molecule has 4 rings (SSSR count). The predicted octanol–water partition coefficient (Wildman–Crippen LogP) is 4.48. The van der Waals surface area contributed by atoms with Gasteiger partial charge in [-0.3, -0.25) is 5.10 Å². The van der Waals surface area contributed by atoms with Gasteiger partial charge in [-0.15, -0.1) is 0 Å². The maximum atomic E-state index is 5.84. The molecule has 0 aliphatic rings. The van der Waals surface area contributed by atoms with E-state index in [1.807, 2.05) is 36.4 Å². The maximum Gasteiger partial charge on any atom is 0.135 e. The van der Waals surface area contributed by atoms with Crippen LogP contribution in [0.1, 0.15) is 18.7 Å². The van der Waals surface area contributed by atoms with Gasteiger partial charge in [0.15, 0.2) is 0 Å². The van der Waals surface area contributed by atoms with E-state index < -0.39 is 0 Å². The van der Waals surface area contributed by atoms with E-state index in [1.165, 1.54) is 0 Å². The molecule has 2 aromatic carbocycles. The van der Waals surface area contributed by atoms with Gasteiger partial charge in [-0.25, -0.2) is 0 Å². The van der Waals surface area contributed by atoms with Crippen LogP contribution in [0.25, 0.3) is 21.9 Å². The van der Waals surface area contributed by atoms with Crippen LogP contribution in [0.5, 0.6) is 0 Å². The van der Waals surface area contributed by atoms with Crippen molar-refractivity contribution < 1.29 is 4.42 Å². The van der Waals surface area contributed by atoms with E-state index in [9.17, 15) is 0 Å². The summed E-state index contributed by atoms with van der Waals surface area (Å²) in [6.45, 7) is 2.10. The zero-order valence-electron chi connectivity index (χ0n) is 11.6. The third kappa shape index (κ3) is 2.05. The molecule has 4 aromatic rings. The lowest BCUT2D eigenvalue weighted by Crippen LogP contribution is -2.06. The zero-order valence-corrected chi connectivity index (χ0v) is 11.6. The number of furan rings is 1. The van der Waals surface area contributed by atoms with Gasteiger partial charge in [0.2, 0.25) is 0 Å². The summed E-state index contributed by atoms with van der Waals surface area (Å²) in [5, 5.41) is 12.7. The lowest BCUT2D eigenvalue weighted by molar-refractivity contribution is 0.669. The number of anilines is 1. The van der Waals surface area contributed by atoms with Gasteiger partial charge in [-0.05, 0) is 37.3 Å². The van der Waals surface area contributed by atoms with Gasteiger partial charge >= 0.3 is 0 Å². The summed E-state index contributed by atoms with van der Waals surface area (Å²) in [6.07, 6.45) is 1.76. The van der Waals surface area contributed by atoms with Gasteiger partial charge in [0.05, 0.1) is 11.7 Å². The first-order chi connectivity index (χ1) is 10.3. The summed E-state index contributed by atoms with van der Waals surface area (Å²) >= 11 is 0. The fourth-order valence-electron chi connectivity index (χ4n) is 2.65. The van der Waals surface area contributed by atoms with Crippen molar-refractivity contribution in [1.29, 1.82) is 0 Å². The molecule has 1 atom stereocenters. The maximum absolute atomic E-state index is 5.84. The SMILES string of the molecule is CC(Nc1ccc2oc3ccccc3c2c1)c1ccn[nH]1. The van der Waals surface area contributed by atoms with Gasteiger partial charge in [0.1, 0.15) is 11.2 Å². The van der Waals surface area contributed by atoms with E-state index in [0.29, 0.717) is 0 Å². The van der Waals surface area contributed by atoms with Crippen LogP contribution in [0.2, 0.25) is 0 Å². The minimum absolute atomic E-state index is 0.170. The van der Waals surface area contributed by atoms with Crippen molar-refractivity contribution in [2.24, 2.45) is 0 Å². The molecule has 2 N–H and O–H groups in total. The Labute approximate surface area is 121 Å². The molecule has 0 saturated carbocycles. The minimum atomic E-state index is 0.170. The van der Waals surface area contributed by atoms with Crippen molar-refractivity contribution >= 4 is 27.6 Å². The topological polar surface area (TPSA) is 53.9 Å². The second-order valence-electron chi connectivity index (χ2n) is 5.19. The van der Waals surface area contributed by atoms with Gasteiger partial charge in [-0.2, -0.15) is 5.10 Å². The van der Waals surface area contributed by atoms with E-state index >= 15 is 0 Å². The van der Waals surface area contributed by atoms with Crippen LogP contribution < -0.4 is 5.32 Å². The minimum Gasteiger partial charge on any atom is -0.456 e. The van der Waals surface area contributed by atoms with Crippen LogP contribution in [0.3, 0.4) is 0 Å². The Morgan fingerprint density at radius 3 is 2.76 bits per heavy atom. The Kier molecular flexibility index (Phi) is 2.67. The normalized spacial score (nSPS) is 12.8. The Morgan fingerprint density at radius 1 is 1.05 bits per heavy atom. The van der Waals surface area contributed by atoms with Gasteiger partial charge < -0.3 is 9.73 Å². The highest BCUT2D eigenvalue weighted by atomic mass is 16.3. The number of nitrogens with one attached hydrogen (secondary N) is 2. The number of aromatic nitrogens is 2. The summed E-state index contributed by atoms with van der Waals surface area (Å²) < 4.78 is 5.84. The molecule has 0 aliphatic carbocycles. The van der Waals surface area contributed by atoms with E-state index in [1.54, 1.807) is 6.20 Å². The Hall–Kier alpha value is -2.75. The van der Waals surface area contributed by atoms with Crippen molar-refractivity contribution in [3.63, 3.8) is 0 Å². The molecule has 21 heavy (non-hydrogen) atoms. The van der Waals surface area contributed by atoms with Crippen molar-refractivity contribution in [3.05, 3.63) is 60.4 Å². The molecule has 4 nitrogen and oxygen atoms in total. The first-order valence-electron chi connectivity index (χ1n) is 6.98. The Bertz CT molecular complexity index is 893. The van der Waals surface area contributed by atoms with Crippen molar-refractivity contribution in [1.82, 2.24) is 10.2 Å². The lowest BCUT2D eigenvalue weighted by Gasteiger charge is -2.13. The quantitative estimate of drug-likeness (QED) is 0.580. The number of hydrogen-bond donors (Lipinski definition) is 2. The molecule has 0 amide bonds. The molecule has 4 heteroatoms. The highest BCUT2D eigenvalue weighted by molar-refractivity contribution is 6.05. The summed E-state index contributed by atoms with van der Waals surface area (Å²) in [7, 11) is 0. The summed E-state index contributed by atoms with van der Waals surface area (Å²) in [5.74, 6) is 0. The van der Waals surface area contributed by atoms with Crippen LogP contribution in [-0.2, 0) is 0 Å². The van der Waals surface area contributed by atoms with E-state index in [-0.39, 0.29) is 6.04 Å². The van der Waals surface area contributed by atoms with Gasteiger partial charge in [0, 0.05) is 22.7 Å². The second-order valence-corrected chi connectivity index (χ2v) is 5.19. The zero-order chi connectivity index (χ0) is 14.2. The first kappa shape index (κ1) is 12.0. The highest BCUT2D eigenvalue weighted by Gasteiger charge is 2.09. The number of H-pyrrole nitrogens is 1. The molecule has 2 aromatic heterocycles. The Balaban J connectivity index is 1.74. The Morgan fingerprint density at radius 2 is 1.90 bits per heavy atom. The molecule has 2 heterocycles. The van der Waals surface area contributed by atoms with Gasteiger partial charge in [-0.1, -0.05) is 18.2 Å². The molecule has 104 valence electrons. The molecule has 0 bridgehead atoms. The van der Waals surface area contributed by atoms with Gasteiger partial charge in [0.25, 0.3) is 0 Å².